The zero-order valence-electron chi connectivity index (χ0n) is 12.3. The summed E-state index contributed by atoms with van der Waals surface area (Å²) in [4.78, 5) is 0. The molecule has 0 fully saturated rings. The number of benzene rings is 1. The Morgan fingerprint density at radius 3 is 2.81 bits per heavy atom. The zero-order valence-corrected chi connectivity index (χ0v) is 13.1. The van der Waals surface area contributed by atoms with Crippen LogP contribution in [0.5, 0.6) is 0 Å². The number of unbranched alkanes of at least 4 members (excludes halogenated alkanes) is 1. The average Bonchev–Trinajstić information content (AvgIpc) is 2.88. The fourth-order valence-corrected chi connectivity index (χ4v) is 3.04. The fourth-order valence-electron chi connectivity index (χ4n) is 2.09. The van der Waals surface area contributed by atoms with Crippen LogP contribution in [-0.4, -0.2) is 32.2 Å². The standard InChI is InChI=1S/C16H21N3OS/c1-3-10-19-15(14-9-5-4-8-13(14)2)17-18-16(19)21-12-7-6-11-20/h3-5,8-9,20H,1,6-7,10-12H2,2H3. The molecule has 0 aliphatic carbocycles. The van der Waals surface area contributed by atoms with Gasteiger partial charge in [-0.15, -0.1) is 16.8 Å². The Morgan fingerprint density at radius 2 is 2.10 bits per heavy atom. The van der Waals surface area contributed by atoms with Crippen molar-refractivity contribution in [3.05, 3.63) is 42.5 Å². The van der Waals surface area contributed by atoms with Crippen LogP contribution in [0.15, 0.2) is 42.1 Å². The molecular formula is C16H21N3OS. The summed E-state index contributed by atoms with van der Waals surface area (Å²) in [5.74, 6) is 1.82. The summed E-state index contributed by atoms with van der Waals surface area (Å²) in [7, 11) is 0. The molecule has 0 aliphatic heterocycles. The number of allylic oxidation sites excluding steroid dienone is 1. The van der Waals surface area contributed by atoms with Crippen molar-refractivity contribution in [1.82, 2.24) is 14.8 Å². The van der Waals surface area contributed by atoms with Gasteiger partial charge in [-0.2, -0.15) is 0 Å². The van der Waals surface area contributed by atoms with E-state index in [-0.39, 0.29) is 6.61 Å². The van der Waals surface area contributed by atoms with Crippen molar-refractivity contribution in [3.8, 4) is 11.4 Å². The molecule has 2 rings (SSSR count). The van der Waals surface area contributed by atoms with Gasteiger partial charge in [0.25, 0.3) is 0 Å². The first kappa shape index (κ1) is 15.8. The summed E-state index contributed by atoms with van der Waals surface area (Å²) < 4.78 is 2.10. The molecule has 5 heteroatoms. The van der Waals surface area contributed by atoms with Gasteiger partial charge in [-0.1, -0.05) is 42.1 Å². The van der Waals surface area contributed by atoms with Gasteiger partial charge in [-0.3, -0.25) is 4.57 Å². The number of hydrogen-bond donors (Lipinski definition) is 1. The lowest BCUT2D eigenvalue weighted by atomic mass is 10.1. The van der Waals surface area contributed by atoms with Crippen molar-refractivity contribution in [3.63, 3.8) is 0 Å². The molecular weight excluding hydrogens is 282 g/mol. The van der Waals surface area contributed by atoms with Crippen molar-refractivity contribution in [1.29, 1.82) is 0 Å². The molecule has 0 spiro atoms. The Bertz CT molecular complexity index is 595. The quantitative estimate of drug-likeness (QED) is 0.462. The van der Waals surface area contributed by atoms with E-state index in [1.54, 1.807) is 11.8 Å². The topological polar surface area (TPSA) is 50.9 Å². The zero-order chi connectivity index (χ0) is 15.1. The SMILES string of the molecule is C=CCn1c(SCCCCO)nnc1-c1ccccc1C. The maximum absolute atomic E-state index is 8.83. The van der Waals surface area contributed by atoms with Crippen LogP contribution in [0.2, 0.25) is 0 Å². The molecule has 0 aliphatic rings. The van der Waals surface area contributed by atoms with E-state index in [1.165, 1.54) is 5.56 Å². The fraction of sp³-hybridized carbons (Fsp3) is 0.375. The van der Waals surface area contributed by atoms with Crippen LogP contribution in [0.3, 0.4) is 0 Å². The van der Waals surface area contributed by atoms with E-state index >= 15 is 0 Å². The first-order chi connectivity index (χ1) is 10.3. The Balaban J connectivity index is 2.24. The van der Waals surface area contributed by atoms with Gasteiger partial charge in [0, 0.05) is 24.5 Å². The Labute approximate surface area is 129 Å². The van der Waals surface area contributed by atoms with Crippen LogP contribution < -0.4 is 0 Å². The second-order valence-corrected chi connectivity index (χ2v) is 5.86. The van der Waals surface area contributed by atoms with Crippen molar-refractivity contribution in [2.75, 3.05) is 12.4 Å². The number of aryl methyl sites for hydroxylation is 1. The summed E-state index contributed by atoms with van der Waals surface area (Å²) in [6, 6.07) is 8.19. The maximum atomic E-state index is 8.83. The average molecular weight is 303 g/mol. The monoisotopic (exact) mass is 303 g/mol. The molecule has 21 heavy (non-hydrogen) atoms. The largest absolute Gasteiger partial charge is 0.396 e. The molecule has 0 atom stereocenters. The van der Waals surface area contributed by atoms with E-state index < -0.39 is 0 Å². The third kappa shape index (κ3) is 3.95. The molecule has 0 unspecified atom stereocenters. The van der Waals surface area contributed by atoms with Gasteiger partial charge >= 0.3 is 0 Å². The molecule has 2 aromatic rings. The highest BCUT2D eigenvalue weighted by atomic mass is 32.2. The van der Waals surface area contributed by atoms with Gasteiger partial charge in [-0.25, -0.2) is 0 Å². The normalized spacial score (nSPS) is 10.8. The van der Waals surface area contributed by atoms with Crippen LogP contribution in [-0.2, 0) is 6.54 Å². The minimum atomic E-state index is 0.244. The second-order valence-electron chi connectivity index (χ2n) is 4.80. The summed E-state index contributed by atoms with van der Waals surface area (Å²) in [6.07, 6.45) is 3.66. The molecule has 112 valence electrons. The van der Waals surface area contributed by atoms with E-state index in [2.05, 4.69) is 40.4 Å². The molecule has 1 heterocycles. The van der Waals surface area contributed by atoms with E-state index in [9.17, 15) is 0 Å². The highest BCUT2D eigenvalue weighted by molar-refractivity contribution is 7.99. The number of hydrogen-bond acceptors (Lipinski definition) is 4. The van der Waals surface area contributed by atoms with Gasteiger partial charge in [0.1, 0.15) is 0 Å². The first-order valence-electron chi connectivity index (χ1n) is 7.11. The number of nitrogens with zero attached hydrogens (tertiary/aromatic N) is 3. The molecule has 4 nitrogen and oxygen atoms in total. The van der Waals surface area contributed by atoms with Crippen LogP contribution in [0, 0.1) is 6.92 Å². The van der Waals surface area contributed by atoms with Gasteiger partial charge < -0.3 is 5.11 Å². The molecule has 0 saturated carbocycles. The van der Waals surface area contributed by atoms with E-state index in [0.717, 1.165) is 35.1 Å². The van der Waals surface area contributed by atoms with Gasteiger partial charge in [0.2, 0.25) is 0 Å². The maximum Gasteiger partial charge on any atom is 0.191 e. The molecule has 0 saturated heterocycles. The Hall–Kier alpha value is -1.59. The molecule has 1 aromatic heterocycles. The van der Waals surface area contributed by atoms with Crippen LogP contribution in [0.25, 0.3) is 11.4 Å². The van der Waals surface area contributed by atoms with Gasteiger partial charge in [0.05, 0.1) is 0 Å². The number of aromatic nitrogens is 3. The Kier molecular flexibility index (Phi) is 6.02. The summed E-state index contributed by atoms with van der Waals surface area (Å²) in [5, 5.41) is 18.4. The molecule has 0 radical (unpaired) electrons. The van der Waals surface area contributed by atoms with Crippen molar-refractivity contribution < 1.29 is 5.11 Å². The summed E-state index contributed by atoms with van der Waals surface area (Å²) >= 11 is 1.68. The molecule has 0 bridgehead atoms. The predicted molar refractivity (Wildman–Crippen MR) is 87.4 cm³/mol. The highest BCUT2D eigenvalue weighted by Gasteiger charge is 2.14. The number of aliphatic hydroxyl groups is 1. The number of rotatable bonds is 8. The summed E-state index contributed by atoms with van der Waals surface area (Å²) in [6.45, 7) is 6.84. The van der Waals surface area contributed by atoms with Crippen LogP contribution in [0.1, 0.15) is 18.4 Å². The van der Waals surface area contributed by atoms with Crippen LogP contribution in [0.4, 0.5) is 0 Å². The molecule has 1 aromatic carbocycles. The summed E-state index contributed by atoms with van der Waals surface area (Å²) in [5.41, 5.74) is 2.29. The van der Waals surface area contributed by atoms with Crippen molar-refractivity contribution in [2.24, 2.45) is 0 Å². The van der Waals surface area contributed by atoms with Gasteiger partial charge in [0.15, 0.2) is 11.0 Å². The predicted octanol–water partition coefficient (Wildman–Crippen LogP) is 3.30. The lowest BCUT2D eigenvalue weighted by Gasteiger charge is -2.09. The first-order valence-corrected chi connectivity index (χ1v) is 8.10. The molecule has 0 amide bonds. The Morgan fingerprint density at radius 1 is 1.29 bits per heavy atom. The van der Waals surface area contributed by atoms with E-state index in [4.69, 9.17) is 5.11 Å². The lowest BCUT2D eigenvalue weighted by molar-refractivity contribution is 0.287. The third-order valence-corrected chi connectivity index (χ3v) is 4.25. The van der Waals surface area contributed by atoms with Crippen molar-refractivity contribution >= 4 is 11.8 Å². The van der Waals surface area contributed by atoms with Gasteiger partial charge in [-0.05, 0) is 25.3 Å². The number of aliphatic hydroxyl groups excluding tert-OH is 1. The number of thioether (sulfide) groups is 1. The smallest absolute Gasteiger partial charge is 0.191 e. The van der Waals surface area contributed by atoms with E-state index in [1.807, 2.05) is 18.2 Å². The minimum Gasteiger partial charge on any atom is -0.396 e. The third-order valence-electron chi connectivity index (χ3n) is 3.20. The lowest BCUT2D eigenvalue weighted by Crippen LogP contribution is -2.01. The van der Waals surface area contributed by atoms with E-state index in [0.29, 0.717) is 6.54 Å². The van der Waals surface area contributed by atoms with Crippen LogP contribution >= 0.6 is 11.8 Å². The second kappa shape index (κ2) is 8.00. The minimum absolute atomic E-state index is 0.244. The molecule has 1 N–H and O–H groups in total. The van der Waals surface area contributed by atoms with Crippen molar-refractivity contribution in [2.45, 2.75) is 31.5 Å². The highest BCUT2D eigenvalue weighted by Crippen LogP contribution is 2.26.